The smallest absolute Gasteiger partial charge is 0.166 e. The molecular formula is C18H29ClN2O2. The van der Waals surface area contributed by atoms with E-state index in [4.69, 9.17) is 21.1 Å². The van der Waals surface area contributed by atoms with E-state index in [0.717, 1.165) is 30.9 Å². The number of likely N-dealkylation sites (N-methyl/N-ethyl adjacent to an activating group) is 1. The number of rotatable bonds is 8. The summed E-state index contributed by atoms with van der Waals surface area (Å²) in [7, 11) is 1.65. The summed E-state index contributed by atoms with van der Waals surface area (Å²) in [6, 6.07) is 4.40. The molecule has 1 N–H and O–H groups in total. The summed E-state index contributed by atoms with van der Waals surface area (Å²) in [4.78, 5) is 2.54. The van der Waals surface area contributed by atoms with Crippen molar-refractivity contribution < 1.29 is 9.47 Å². The molecule has 130 valence electrons. The highest BCUT2D eigenvalue weighted by Crippen LogP contribution is 2.35. The lowest BCUT2D eigenvalue weighted by Crippen LogP contribution is -2.37. The maximum atomic E-state index is 6.22. The first-order valence-electron chi connectivity index (χ1n) is 8.53. The molecule has 0 amide bonds. The molecule has 5 heteroatoms. The number of benzene rings is 1. The topological polar surface area (TPSA) is 33.7 Å². The van der Waals surface area contributed by atoms with E-state index < -0.39 is 0 Å². The number of hydrogen-bond acceptors (Lipinski definition) is 4. The number of halogens is 1. The third kappa shape index (κ3) is 5.00. The molecule has 0 saturated carbocycles. The highest BCUT2D eigenvalue weighted by Gasteiger charge is 2.22. The van der Waals surface area contributed by atoms with Crippen LogP contribution in [0.25, 0.3) is 0 Å². The van der Waals surface area contributed by atoms with E-state index in [0.29, 0.717) is 16.8 Å². The molecule has 1 aromatic carbocycles. The predicted molar refractivity (Wildman–Crippen MR) is 95.7 cm³/mol. The molecule has 0 bridgehead atoms. The van der Waals surface area contributed by atoms with Crippen molar-refractivity contribution in [1.82, 2.24) is 10.2 Å². The number of nitrogens with one attached hydrogen (secondary N) is 1. The lowest BCUT2D eigenvalue weighted by molar-refractivity contribution is 0.226. The van der Waals surface area contributed by atoms with Gasteiger partial charge in [-0.15, -0.1) is 0 Å². The number of nitrogens with zero attached hydrogens (tertiary/aromatic N) is 1. The summed E-state index contributed by atoms with van der Waals surface area (Å²) >= 11 is 6.22. The van der Waals surface area contributed by atoms with Crippen molar-refractivity contribution in [2.45, 2.75) is 52.3 Å². The van der Waals surface area contributed by atoms with Crippen LogP contribution in [0, 0.1) is 0 Å². The molecule has 1 saturated heterocycles. The number of ether oxygens (including phenoxy) is 2. The summed E-state index contributed by atoms with van der Waals surface area (Å²) in [6.45, 7) is 10.3. The van der Waals surface area contributed by atoms with Crippen molar-refractivity contribution in [2.75, 3.05) is 26.7 Å². The Morgan fingerprint density at radius 3 is 2.83 bits per heavy atom. The third-order valence-electron chi connectivity index (χ3n) is 4.27. The molecule has 1 aliphatic heterocycles. The second kappa shape index (κ2) is 8.76. The van der Waals surface area contributed by atoms with Crippen molar-refractivity contribution in [2.24, 2.45) is 0 Å². The van der Waals surface area contributed by atoms with Crippen LogP contribution in [-0.2, 0) is 6.54 Å². The van der Waals surface area contributed by atoms with Crippen LogP contribution in [0.1, 0.15) is 39.2 Å². The second-order valence-corrected chi connectivity index (χ2v) is 6.75. The van der Waals surface area contributed by atoms with Gasteiger partial charge < -0.3 is 14.8 Å². The maximum absolute atomic E-state index is 6.22. The number of methoxy groups -OCH3 is 1. The Morgan fingerprint density at radius 2 is 2.17 bits per heavy atom. The first kappa shape index (κ1) is 18.4. The fraction of sp³-hybridized carbons (Fsp3) is 0.667. The molecule has 23 heavy (non-hydrogen) atoms. The van der Waals surface area contributed by atoms with Crippen molar-refractivity contribution in [3.05, 3.63) is 22.7 Å². The van der Waals surface area contributed by atoms with Gasteiger partial charge in [0.25, 0.3) is 0 Å². The lowest BCUT2D eigenvalue weighted by Gasteiger charge is -2.23. The van der Waals surface area contributed by atoms with Gasteiger partial charge in [-0.05, 0) is 45.8 Å². The van der Waals surface area contributed by atoms with Crippen LogP contribution in [0.4, 0.5) is 0 Å². The number of likely N-dealkylation sites (tertiary alicyclic amines) is 1. The van der Waals surface area contributed by atoms with Crippen LogP contribution >= 0.6 is 11.6 Å². The molecule has 1 aromatic rings. The van der Waals surface area contributed by atoms with Gasteiger partial charge in [0, 0.05) is 35.8 Å². The summed E-state index contributed by atoms with van der Waals surface area (Å²) in [5.41, 5.74) is 1.05. The molecular weight excluding hydrogens is 312 g/mol. The molecule has 1 fully saturated rings. The SMILES string of the molecule is CCN1CCC[C@H]1CNCc1cc(Cl)cc(OC)c1OC(C)C. The van der Waals surface area contributed by atoms with E-state index in [1.54, 1.807) is 13.2 Å². The van der Waals surface area contributed by atoms with Crippen LogP contribution in [0.2, 0.25) is 5.02 Å². The zero-order valence-corrected chi connectivity index (χ0v) is 15.4. The van der Waals surface area contributed by atoms with Crippen LogP contribution < -0.4 is 14.8 Å². The minimum atomic E-state index is 0.0919. The van der Waals surface area contributed by atoms with Gasteiger partial charge in [0.15, 0.2) is 11.5 Å². The predicted octanol–water partition coefficient (Wildman–Crippen LogP) is 3.71. The van der Waals surface area contributed by atoms with E-state index in [-0.39, 0.29) is 6.10 Å². The standard InChI is InChI=1S/C18H29ClN2O2/c1-5-21-8-6-7-16(21)12-20-11-14-9-15(19)10-17(22-4)18(14)23-13(2)3/h9-10,13,16,20H,5-8,11-12H2,1-4H3/t16-/m0/s1. The highest BCUT2D eigenvalue weighted by molar-refractivity contribution is 6.30. The molecule has 0 aromatic heterocycles. The van der Waals surface area contributed by atoms with Crippen LogP contribution in [0.15, 0.2) is 12.1 Å². The monoisotopic (exact) mass is 340 g/mol. The largest absolute Gasteiger partial charge is 0.493 e. The molecule has 0 spiro atoms. The second-order valence-electron chi connectivity index (χ2n) is 6.32. The van der Waals surface area contributed by atoms with Gasteiger partial charge in [-0.1, -0.05) is 18.5 Å². The molecule has 1 aliphatic rings. The Morgan fingerprint density at radius 1 is 1.39 bits per heavy atom. The minimum Gasteiger partial charge on any atom is -0.493 e. The average Bonchev–Trinajstić information content (AvgIpc) is 2.96. The average molecular weight is 341 g/mol. The first-order chi connectivity index (χ1) is 11.0. The van der Waals surface area contributed by atoms with E-state index in [1.165, 1.54) is 19.4 Å². The van der Waals surface area contributed by atoms with Crippen molar-refractivity contribution >= 4 is 11.6 Å². The van der Waals surface area contributed by atoms with Gasteiger partial charge in [-0.2, -0.15) is 0 Å². The lowest BCUT2D eigenvalue weighted by atomic mass is 10.1. The van der Waals surface area contributed by atoms with E-state index in [1.807, 2.05) is 19.9 Å². The Balaban J connectivity index is 2.04. The van der Waals surface area contributed by atoms with Crippen molar-refractivity contribution in [1.29, 1.82) is 0 Å². The molecule has 0 unspecified atom stereocenters. The summed E-state index contributed by atoms with van der Waals surface area (Å²) in [6.07, 6.45) is 2.66. The highest BCUT2D eigenvalue weighted by atomic mass is 35.5. The normalized spacial score (nSPS) is 18.6. The van der Waals surface area contributed by atoms with Gasteiger partial charge in [-0.25, -0.2) is 0 Å². The van der Waals surface area contributed by atoms with Gasteiger partial charge in [0.2, 0.25) is 0 Å². The molecule has 0 radical (unpaired) electrons. The molecule has 1 atom stereocenters. The summed E-state index contributed by atoms with van der Waals surface area (Å²) in [5.74, 6) is 1.48. The Labute approximate surface area is 145 Å². The van der Waals surface area contributed by atoms with Gasteiger partial charge >= 0.3 is 0 Å². The van der Waals surface area contributed by atoms with E-state index in [9.17, 15) is 0 Å². The van der Waals surface area contributed by atoms with E-state index in [2.05, 4.69) is 17.1 Å². The third-order valence-corrected chi connectivity index (χ3v) is 4.49. The zero-order valence-electron chi connectivity index (χ0n) is 14.7. The van der Waals surface area contributed by atoms with Crippen LogP contribution in [-0.4, -0.2) is 43.8 Å². The van der Waals surface area contributed by atoms with Gasteiger partial charge in [-0.3, -0.25) is 4.90 Å². The van der Waals surface area contributed by atoms with Crippen LogP contribution in [0.5, 0.6) is 11.5 Å². The Bertz CT molecular complexity index is 508. The Hall–Kier alpha value is -0.970. The van der Waals surface area contributed by atoms with Crippen molar-refractivity contribution in [3.63, 3.8) is 0 Å². The molecule has 4 nitrogen and oxygen atoms in total. The molecule has 0 aliphatic carbocycles. The van der Waals surface area contributed by atoms with E-state index >= 15 is 0 Å². The fourth-order valence-corrected chi connectivity index (χ4v) is 3.42. The van der Waals surface area contributed by atoms with Crippen molar-refractivity contribution in [3.8, 4) is 11.5 Å². The summed E-state index contributed by atoms with van der Waals surface area (Å²) in [5, 5.41) is 4.24. The van der Waals surface area contributed by atoms with Crippen LogP contribution in [0.3, 0.4) is 0 Å². The molecule has 1 heterocycles. The fourth-order valence-electron chi connectivity index (χ4n) is 3.19. The minimum absolute atomic E-state index is 0.0919. The number of hydrogen-bond donors (Lipinski definition) is 1. The first-order valence-corrected chi connectivity index (χ1v) is 8.90. The zero-order chi connectivity index (χ0) is 16.8. The van der Waals surface area contributed by atoms with Gasteiger partial charge in [0.1, 0.15) is 0 Å². The van der Waals surface area contributed by atoms with Gasteiger partial charge in [0.05, 0.1) is 13.2 Å². The quantitative estimate of drug-likeness (QED) is 0.782. The molecule has 2 rings (SSSR count). The maximum Gasteiger partial charge on any atom is 0.166 e. The Kier molecular flexibility index (Phi) is 7.00. The summed E-state index contributed by atoms with van der Waals surface area (Å²) < 4.78 is 11.4.